The summed E-state index contributed by atoms with van der Waals surface area (Å²) in [5, 5.41) is 10.7. The van der Waals surface area contributed by atoms with Gasteiger partial charge in [-0.3, -0.25) is 0 Å². The van der Waals surface area contributed by atoms with Crippen LogP contribution >= 0.6 is 0 Å². The largest absolute Gasteiger partial charge is 0.488 e. The summed E-state index contributed by atoms with van der Waals surface area (Å²) in [7, 11) is 0. The highest BCUT2D eigenvalue weighted by Gasteiger charge is 2.19. The van der Waals surface area contributed by atoms with Crippen molar-refractivity contribution < 1.29 is 19.0 Å². The van der Waals surface area contributed by atoms with Crippen LogP contribution in [0.25, 0.3) is 5.65 Å². The zero-order chi connectivity index (χ0) is 16.9. The molecule has 0 saturated heterocycles. The second-order valence-electron chi connectivity index (χ2n) is 5.99. The number of carbonyl (C=O) groups is 1. The molecule has 2 heterocycles. The fraction of sp³-hybridized carbons (Fsp3) is 0.412. The number of fused-ring (bicyclic) bond motifs is 1. The SMILES string of the molecule is O=C(O)NC/C(=C/F)COc1ccc2nc(C3CCCC3)cn2c1. The van der Waals surface area contributed by atoms with E-state index in [0.717, 1.165) is 11.3 Å². The molecule has 24 heavy (non-hydrogen) atoms. The lowest BCUT2D eigenvalue weighted by Gasteiger charge is -2.09. The van der Waals surface area contributed by atoms with Crippen LogP contribution in [-0.2, 0) is 0 Å². The summed E-state index contributed by atoms with van der Waals surface area (Å²) in [6, 6.07) is 3.64. The van der Waals surface area contributed by atoms with Gasteiger partial charge in [-0.15, -0.1) is 0 Å². The third-order valence-electron chi connectivity index (χ3n) is 4.26. The van der Waals surface area contributed by atoms with E-state index in [-0.39, 0.29) is 18.7 Å². The minimum atomic E-state index is -1.20. The Morgan fingerprint density at radius 3 is 2.92 bits per heavy atom. The van der Waals surface area contributed by atoms with Gasteiger partial charge in [0.05, 0.1) is 18.2 Å². The van der Waals surface area contributed by atoms with E-state index in [9.17, 15) is 9.18 Å². The standard InChI is InChI=1S/C17H20FN3O3/c18-7-12(8-19-17(22)23)11-24-14-5-6-16-20-15(10-21(16)9-14)13-3-1-2-4-13/h5-7,9-10,13,19H,1-4,8,11H2,(H,22,23)/b12-7-. The van der Waals surface area contributed by atoms with Crippen LogP contribution in [0.2, 0.25) is 0 Å². The first-order valence-electron chi connectivity index (χ1n) is 8.02. The average Bonchev–Trinajstić information content (AvgIpc) is 3.23. The molecule has 6 nitrogen and oxygen atoms in total. The maximum atomic E-state index is 12.7. The first-order chi connectivity index (χ1) is 11.7. The minimum Gasteiger partial charge on any atom is -0.488 e. The van der Waals surface area contributed by atoms with E-state index >= 15 is 0 Å². The van der Waals surface area contributed by atoms with Gasteiger partial charge in [-0.05, 0) is 25.0 Å². The van der Waals surface area contributed by atoms with Gasteiger partial charge in [0.2, 0.25) is 0 Å². The van der Waals surface area contributed by atoms with Crippen molar-refractivity contribution in [2.24, 2.45) is 0 Å². The quantitative estimate of drug-likeness (QED) is 0.848. The van der Waals surface area contributed by atoms with E-state index in [1.165, 1.54) is 25.7 Å². The van der Waals surface area contributed by atoms with Crippen molar-refractivity contribution >= 4 is 11.7 Å². The smallest absolute Gasteiger partial charge is 0.404 e. The molecule has 7 heteroatoms. The summed E-state index contributed by atoms with van der Waals surface area (Å²) in [6.07, 6.45) is 7.89. The number of hydrogen-bond acceptors (Lipinski definition) is 3. The summed E-state index contributed by atoms with van der Waals surface area (Å²) in [5.74, 6) is 1.12. The fourth-order valence-electron chi connectivity index (χ4n) is 2.98. The maximum Gasteiger partial charge on any atom is 0.404 e. The monoisotopic (exact) mass is 333 g/mol. The molecule has 0 aliphatic heterocycles. The highest BCUT2D eigenvalue weighted by Crippen LogP contribution is 2.33. The maximum absolute atomic E-state index is 12.7. The second kappa shape index (κ2) is 7.33. The Bertz CT molecular complexity index is 751. The Labute approximate surface area is 139 Å². The number of rotatable bonds is 6. The zero-order valence-electron chi connectivity index (χ0n) is 13.2. The molecular weight excluding hydrogens is 313 g/mol. The first-order valence-corrected chi connectivity index (χ1v) is 8.02. The number of nitrogens with one attached hydrogen (secondary N) is 1. The summed E-state index contributed by atoms with van der Waals surface area (Å²) < 4.78 is 20.2. The molecule has 0 radical (unpaired) electrons. The fourth-order valence-corrected chi connectivity index (χ4v) is 2.98. The van der Waals surface area contributed by atoms with Crippen LogP contribution in [0.4, 0.5) is 9.18 Å². The van der Waals surface area contributed by atoms with Gasteiger partial charge in [-0.25, -0.2) is 14.2 Å². The molecule has 0 unspecified atom stereocenters. The number of aromatic nitrogens is 2. The average molecular weight is 333 g/mol. The van der Waals surface area contributed by atoms with Crippen LogP contribution < -0.4 is 10.1 Å². The predicted molar refractivity (Wildman–Crippen MR) is 87.1 cm³/mol. The van der Waals surface area contributed by atoms with Crippen LogP contribution in [0.5, 0.6) is 5.75 Å². The van der Waals surface area contributed by atoms with Crippen LogP contribution in [0.3, 0.4) is 0 Å². The molecule has 3 rings (SSSR count). The molecule has 0 atom stereocenters. The second-order valence-corrected chi connectivity index (χ2v) is 5.99. The van der Waals surface area contributed by atoms with Crippen molar-refractivity contribution in [3.05, 3.63) is 42.1 Å². The summed E-state index contributed by atoms with van der Waals surface area (Å²) in [4.78, 5) is 15.1. The Morgan fingerprint density at radius 1 is 1.42 bits per heavy atom. The number of ether oxygens (including phenoxy) is 1. The van der Waals surface area contributed by atoms with Crippen molar-refractivity contribution in [3.63, 3.8) is 0 Å². The lowest BCUT2D eigenvalue weighted by molar-refractivity contribution is 0.195. The van der Waals surface area contributed by atoms with Gasteiger partial charge in [0.25, 0.3) is 0 Å². The number of carboxylic acid groups (broad SMARTS) is 1. The lowest BCUT2D eigenvalue weighted by Crippen LogP contribution is -2.25. The van der Waals surface area contributed by atoms with Gasteiger partial charge in [-0.2, -0.15) is 0 Å². The Kier molecular flexibility index (Phi) is 4.98. The third-order valence-corrected chi connectivity index (χ3v) is 4.26. The number of amides is 1. The molecule has 1 fully saturated rings. The number of imidazole rings is 1. The van der Waals surface area contributed by atoms with Crippen LogP contribution in [0.1, 0.15) is 37.3 Å². The van der Waals surface area contributed by atoms with E-state index in [0.29, 0.717) is 18.0 Å². The molecule has 0 spiro atoms. The highest BCUT2D eigenvalue weighted by molar-refractivity contribution is 5.64. The molecule has 1 saturated carbocycles. The third kappa shape index (κ3) is 3.84. The van der Waals surface area contributed by atoms with Crippen molar-refractivity contribution in [2.45, 2.75) is 31.6 Å². The summed E-state index contributed by atoms with van der Waals surface area (Å²) >= 11 is 0. The molecule has 2 aromatic heterocycles. The van der Waals surface area contributed by atoms with Crippen LogP contribution in [-0.4, -0.2) is 33.7 Å². The number of pyridine rings is 1. The van der Waals surface area contributed by atoms with Gasteiger partial charge in [0.15, 0.2) is 0 Å². The van der Waals surface area contributed by atoms with Gasteiger partial charge >= 0.3 is 6.09 Å². The molecule has 0 aromatic carbocycles. The van der Waals surface area contributed by atoms with Gasteiger partial charge in [-0.1, -0.05) is 12.8 Å². The van der Waals surface area contributed by atoms with Crippen molar-refractivity contribution in [3.8, 4) is 5.75 Å². The predicted octanol–water partition coefficient (Wildman–Crippen LogP) is 3.49. The topological polar surface area (TPSA) is 75.9 Å². The number of nitrogens with zero attached hydrogens (tertiary/aromatic N) is 2. The van der Waals surface area contributed by atoms with Crippen LogP contribution in [0.15, 0.2) is 36.4 Å². The van der Waals surface area contributed by atoms with E-state index in [1.54, 1.807) is 12.3 Å². The molecule has 1 aliphatic rings. The summed E-state index contributed by atoms with van der Waals surface area (Å²) in [5.41, 5.74) is 2.19. The van der Waals surface area contributed by atoms with E-state index in [1.807, 2.05) is 16.7 Å². The van der Waals surface area contributed by atoms with Crippen LogP contribution in [0, 0.1) is 0 Å². The molecule has 1 amide bonds. The Balaban J connectivity index is 1.65. The number of hydrogen-bond donors (Lipinski definition) is 2. The molecule has 2 N–H and O–H groups in total. The normalized spacial score (nSPS) is 15.8. The minimum absolute atomic E-state index is 0.0214. The van der Waals surface area contributed by atoms with E-state index in [4.69, 9.17) is 9.84 Å². The molecule has 128 valence electrons. The Morgan fingerprint density at radius 2 is 2.21 bits per heavy atom. The van der Waals surface area contributed by atoms with Crippen molar-refractivity contribution in [2.75, 3.05) is 13.2 Å². The van der Waals surface area contributed by atoms with E-state index in [2.05, 4.69) is 10.3 Å². The molecule has 2 aromatic rings. The van der Waals surface area contributed by atoms with Crippen molar-refractivity contribution in [1.29, 1.82) is 0 Å². The van der Waals surface area contributed by atoms with Crippen molar-refractivity contribution in [1.82, 2.24) is 14.7 Å². The summed E-state index contributed by atoms with van der Waals surface area (Å²) in [6.45, 7) is -0.128. The van der Waals surface area contributed by atoms with Gasteiger partial charge in [0.1, 0.15) is 18.0 Å². The lowest BCUT2D eigenvalue weighted by atomic mass is 10.1. The molecule has 0 bridgehead atoms. The zero-order valence-corrected chi connectivity index (χ0v) is 13.2. The molecule has 1 aliphatic carbocycles. The highest BCUT2D eigenvalue weighted by atomic mass is 19.1. The number of halogens is 1. The van der Waals surface area contributed by atoms with Gasteiger partial charge in [0, 0.05) is 24.2 Å². The first kappa shape index (κ1) is 16.3. The Hall–Kier alpha value is -2.57. The van der Waals surface area contributed by atoms with Gasteiger partial charge < -0.3 is 19.6 Å². The van der Waals surface area contributed by atoms with E-state index < -0.39 is 6.09 Å². The molecular formula is C17H20FN3O3.